The number of carbonyl (C=O) groups excluding carboxylic acids is 1. The number of hydrogen-bond donors (Lipinski definition) is 1. The standard InChI is InChI=1S/C30H27FN4O5/c1-17-6-9-20(10-7-17)35-30(37)28(18(2)34(35)3)29(36)33-19-8-11-25(22(31)14-19)40-24-12-13-32-23-16-27(39-5)26(38-4)15-21(23)24/h6-16H,1-5H3,(H,33,36). The first-order valence-corrected chi connectivity index (χ1v) is 12.4. The van der Waals surface area contributed by atoms with Crippen LogP contribution in [-0.2, 0) is 7.05 Å². The molecule has 0 saturated carbocycles. The number of nitrogens with one attached hydrogen (secondary N) is 1. The van der Waals surface area contributed by atoms with E-state index in [4.69, 9.17) is 14.2 Å². The third-order valence-electron chi connectivity index (χ3n) is 6.68. The zero-order chi connectivity index (χ0) is 28.6. The molecule has 0 radical (unpaired) electrons. The molecule has 40 heavy (non-hydrogen) atoms. The van der Waals surface area contributed by atoms with Crippen LogP contribution in [0.5, 0.6) is 23.0 Å². The molecule has 2 aromatic heterocycles. The maximum Gasteiger partial charge on any atom is 0.284 e. The molecule has 1 amide bonds. The largest absolute Gasteiger partial charge is 0.493 e. The van der Waals surface area contributed by atoms with E-state index in [9.17, 15) is 9.59 Å². The molecule has 204 valence electrons. The number of ether oxygens (including phenoxy) is 3. The summed E-state index contributed by atoms with van der Waals surface area (Å²) in [6.07, 6.45) is 1.54. The predicted molar refractivity (Wildman–Crippen MR) is 150 cm³/mol. The number of hydrogen-bond acceptors (Lipinski definition) is 6. The normalized spacial score (nSPS) is 10.9. The van der Waals surface area contributed by atoms with Gasteiger partial charge in [0.1, 0.15) is 11.3 Å². The molecule has 5 rings (SSSR count). The van der Waals surface area contributed by atoms with Crippen LogP contribution < -0.4 is 25.1 Å². The SMILES string of the molecule is COc1cc2nccc(Oc3ccc(NC(=O)c4c(C)n(C)n(-c5ccc(C)cc5)c4=O)cc3F)c2cc1OC. The minimum Gasteiger partial charge on any atom is -0.493 e. The Morgan fingerprint density at radius 1 is 0.900 bits per heavy atom. The van der Waals surface area contributed by atoms with Gasteiger partial charge in [0, 0.05) is 36.5 Å². The quantitative estimate of drug-likeness (QED) is 0.290. The van der Waals surface area contributed by atoms with Crippen LogP contribution in [0.1, 0.15) is 21.6 Å². The van der Waals surface area contributed by atoms with Gasteiger partial charge in [0.2, 0.25) is 0 Å². The maximum absolute atomic E-state index is 15.1. The zero-order valence-corrected chi connectivity index (χ0v) is 22.6. The molecule has 0 aliphatic rings. The van der Waals surface area contributed by atoms with Gasteiger partial charge in [-0.05, 0) is 50.2 Å². The first-order valence-electron chi connectivity index (χ1n) is 12.4. The van der Waals surface area contributed by atoms with Gasteiger partial charge in [0.25, 0.3) is 11.5 Å². The van der Waals surface area contributed by atoms with Gasteiger partial charge in [-0.25, -0.2) is 9.07 Å². The van der Waals surface area contributed by atoms with Gasteiger partial charge in [-0.2, -0.15) is 0 Å². The van der Waals surface area contributed by atoms with E-state index in [2.05, 4.69) is 10.3 Å². The van der Waals surface area contributed by atoms with E-state index in [-0.39, 0.29) is 17.0 Å². The van der Waals surface area contributed by atoms with Crippen LogP contribution in [-0.4, -0.2) is 34.5 Å². The second kappa shape index (κ2) is 10.6. The van der Waals surface area contributed by atoms with Crippen molar-refractivity contribution in [2.24, 2.45) is 7.05 Å². The Kier molecular flexibility index (Phi) is 7.00. The van der Waals surface area contributed by atoms with E-state index in [0.29, 0.717) is 39.5 Å². The molecule has 0 atom stereocenters. The number of amides is 1. The molecular formula is C30H27FN4O5. The highest BCUT2D eigenvalue weighted by atomic mass is 19.1. The van der Waals surface area contributed by atoms with Crippen molar-refractivity contribution in [1.29, 1.82) is 0 Å². The lowest BCUT2D eigenvalue weighted by Gasteiger charge is -2.13. The third kappa shape index (κ3) is 4.75. The van der Waals surface area contributed by atoms with Crippen LogP contribution >= 0.6 is 0 Å². The number of methoxy groups -OCH3 is 2. The molecule has 10 heteroatoms. The lowest BCUT2D eigenvalue weighted by Crippen LogP contribution is -2.25. The molecule has 3 aromatic carbocycles. The van der Waals surface area contributed by atoms with Crippen LogP contribution in [0, 0.1) is 19.7 Å². The van der Waals surface area contributed by atoms with E-state index in [1.165, 1.54) is 31.0 Å². The van der Waals surface area contributed by atoms with Gasteiger partial charge in [0.05, 0.1) is 31.1 Å². The fourth-order valence-corrected chi connectivity index (χ4v) is 4.46. The Balaban J connectivity index is 1.41. The summed E-state index contributed by atoms with van der Waals surface area (Å²) in [6, 6.07) is 16.5. The van der Waals surface area contributed by atoms with E-state index in [1.54, 1.807) is 43.0 Å². The van der Waals surface area contributed by atoms with Gasteiger partial charge >= 0.3 is 0 Å². The Labute approximate surface area is 229 Å². The molecule has 0 fully saturated rings. The molecule has 0 unspecified atom stereocenters. The molecule has 2 heterocycles. The first kappa shape index (κ1) is 26.5. The van der Waals surface area contributed by atoms with Gasteiger partial charge in [0.15, 0.2) is 23.1 Å². The number of anilines is 1. The Morgan fingerprint density at radius 3 is 2.27 bits per heavy atom. The molecule has 0 bridgehead atoms. The molecule has 5 aromatic rings. The molecule has 0 aliphatic heterocycles. The smallest absolute Gasteiger partial charge is 0.284 e. The Morgan fingerprint density at radius 2 is 1.60 bits per heavy atom. The Bertz CT molecular complexity index is 1810. The summed E-state index contributed by atoms with van der Waals surface area (Å²) in [4.78, 5) is 30.7. The number of benzene rings is 3. The minimum absolute atomic E-state index is 0.0311. The van der Waals surface area contributed by atoms with E-state index in [0.717, 1.165) is 11.6 Å². The average Bonchev–Trinajstić information content (AvgIpc) is 3.17. The summed E-state index contributed by atoms with van der Waals surface area (Å²) in [6.45, 7) is 3.63. The number of fused-ring (bicyclic) bond motifs is 1. The number of aryl methyl sites for hydroxylation is 1. The van der Waals surface area contributed by atoms with Crippen molar-refractivity contribution in [3.63, 3.8) is 0 Å². The molecule has 9 nitrogen and oxygen atoms in total. The van der Waals surface area contributed by atoms with Crippen LogP contribution in [0.2, 0.25) is 0 Å². The van der Waals surface area contributed by atoms with Crippen LogP contribution in [0.25, 0.3) is 16.6 Å². The lowest BCUT2D eigenvalue weighted by atomic mass is 10.1. The first-order chi connectivity index (χ1) is 19.2. The number of halogens is 1. The average molecular weight is 543 g/mol. The summed E-state index contributed by atoms with van der Waals surface area (Å²) < 4.78 is 34.7. The second-order valence-corrected chi connectivity index (χ2v) is 9.17. The third-order valence-corrected chi connectivity index (χ3v) is 6.68. The van der Waals surface area contributed by atoms with Crippen LogP contribution in [0.4, 0.5) is 10.1 Å². The highest BCUT2D eigenvalue weighted by Gasteiger charge is 2.23. The number of nitrogens with zero attached hydrogens (tertiary/aromatic N) is 3. The fourth-order valence-electron chi connectivity index (χ4n) is 4.46. The number of aromatic nitrogens is 3. The highest BCUT2D eigenvalue weighted by Crippen LogP contribution is 2.37. The number of pyridine rings is 1. The van der Waals surface area contributed by atoms with Gasteiger partial charge in [-0.15, -0.1) is 0 Å². The van der Waals surface area contributed by atoms with Crippen LogP contribution in [0.15, 0.2) is 71.7 Å². The topological polar surface area (TPSA) is 96.6 Å². The van der Waals surface area contributed by atoms with Gasteiger partial charge < -0.3 is 19.5 Å². The van der Waals surface area contributed by atoms with Crippen molar-refractivity contribution >= 4 is 22.5 Å². The molecule has 0 saturated heterocycles. The molecule has 0 spiro atoms. The van der Waals surface area contributed by atoms with E-state index >= 15 is 4.39 Å². The molecular weight excluding hydrogens is 515 g/mol. The van der Waals surface area contributed by atoms with E-state index < -0.39 is 17.3 Å². The van der Waals surface area contributed by atoms with Gasteiger partial charge in [-0.1, -0.05) is 17.7 Å². The van der Waals surface area contributed by atoms with Gasteiger partial charge in [-0.3, -0.25) is 19.3 Å². The monoisotopic (exact) mass is 542 g/mol. The zero-order valence-electron chi connectivity index (χ0n) is 22.6. The molecule has 1 N–H and O–H groups in total. The van der Waals surface area contributed by atoms with Crippen molar-refractivity contribution in [1.82, 2.24) is 14.3 Å². The molecule has 0 aliphatic carbocycles. The number of carbonyl (C=O) groups is 1. The minimum atomic E-state index is -0.704. The fraction of sp³-hybridized carbons (Fsp3) is 0.167. The van der Waals surface area contributed by atoms with Crippen molar-refractivity contribution in [2.45, 2.75) is 13.8 Å². The summed E-state index contributed by atoms with van der Waals surface area (Å²) in [5, 5.41) is 3.23. The summed E-state index contributed by atoms with van der Waals surface area (Å²) in [5.74, 6) is -0.0615. The predicted octanol–water partition coefficient (Wildman–Crippen LogP) is 5.54. The van der Waals surface area contributed by atoms with Crippen molar-refractivity contribution in [2.75, 3.05) is 19.5 Å². The number of rotatable bonds is 7. The van der Waals surface area contributed by atoms with Crippen molar-refractivity contribution in [3.8, 4) is 28.7 Å². The van der Waals surface area contributed by atoms with Crippen LogP contribution in [0.3, 0.4) is 0 Å². The highest BCUT2D eigenvalue weighted by molar-refractivity contribution is 6.05. The Hall–Kier alpha value is -5.12. The summed E-state index contributed by atoms with van der Waals surface area (Å²) >= 11 is 0. The second-order valence-electron chi connectivity index (χ2n) is 9.17. The summed E-state index contributed by atoms with van der Waals surface area (Å²) in [5.41, 5.74) is 2.40. The lowest BCUT2D eigenvalue weighted by molar-refractivity contribution is 0.102. The van der Waals surface area contributed by atoms with E-state index in [1.807, 2.05) is 31.2 Å². The maximum atomic E-state index is 15.1. The summed E-state index contributed by atoms with van der Waals surface area (Å²) in [7, 11) is 4.74. The van der Waals surface area contributed by atoms with Crippen molar-refractivity contribution < 1.29 is 23.4 Å². The van der Waals surface area contributed by atoms with Crippen molar-refractivity contribution in [3.05, 3.63) is 99.9 Å².